The van der Waals surface area contributed by atoms with E-state index >= 15 is 0 Å². The number of aromatic nitrogens is 4. The molecule has 5 atom stereocenters. The van der Waals surface area contributed by atoms with Crippen LogP contribution in [0.5, 0.6) is 0 Å². The lowest BCUT2D eigenvalue weighted by molar-refractivity contribution is 0.143. The van der Waals surface area contributed by atoms with Gasteiger partial charge in [0.15, 0.2) is 0 Å². The van der Waals surface area contributed by atoms with Gasteiger partial charge in [0.2, 0.25) is 5.95 Å². The van der Waals surface area contributed by atoms with Crippen LogP contribution in [0.2, 0.25) is 5.02 Å². The highest BCUT2D eigenvalue weighted by Crippen LogP contribution is 2.57. The number of aliphatic hydroxyl groups is 1. The van der Waals surface area contributed by atoms with E-state index < -0.39 is 10.8 Å². The first kappa shape index (κ1) is 19.6. The molecule has 5 heterocycles. The molecule has 2 N–H and O–H groups in total. The predicted molar refractivity (Wildman–Crippen MR) is 121 cm³/mol. The van der Waals surface area contributed by atoms with Crippen LogP contribution in [0.4, 0.5) is 11.8 Å². The molecule has 0 amide bonds. The highest BCUT2D eigenvalue weighted by atomic mass is 35.5. The molecule has 2 bridgehead atoms. The first-order chi connectivity index (χ1) is 15.5. The van der Waals surface area contributed by atoms with E-state index in [9.17, 15) is 9.32 Å². The van der Waals surface area contributed by atoms with E-state index in [-0.39, 0.29) is 17.4 Å². The van der Waals surface area contributed by atoms with Crippen molar-refractivity contribution in [3.63, 3.8) is 0 Å². The van der Waals surface area contributed by atoms with Crippen LogP contribution >= 0.6 is 11.6 Å². The Morgan fingerprint density at radius 2 is 1.91 bits per heavy atom. The maximum Gasteiger partial charge on any atom is 0.228 e. The topological polar surface area (TPSA) is 104 Å². The maximum absolute atomic E-state index is 13.0. The summed E-state index contributed by atoms with van der Waals surface area (Å²) in [5.74, 6) is 2.93. The summed E-state index contributed by atoms with van der Waals surface area (Å²) in [5, 5.41) is 14.3. The molecule has 0 spiro atoms. The van der Waals surface area contributed by atoms with Gasteiger partial charge in [-0.25, -0.2) is 15.0 Å². The molecule has 0 radical (unpaired) electrons. The third-order valence-corrected chi connectivity index (χ3v) is 10.2. The van der Waals surface area contributed by atoms with Crippen LogP contribution in [0.1, 0.15) is 68.3 Å². The number of nitrogens with zero attached hydrogens (tertiary/aromatic N) is 5. The van der Waals surface area contributed by atoms with Crippen molar-refractivity contribution in [1.29, 1.82) is 0 Å². The zero-order valence-electron chi connectivity index (χ0n) is 17.6. The molecule has 5 fully saturated rings. The summed E-state index contributed by atoms with van der Waals surface area (Å²) in [4.78, 5) is 21.9. The number of piperidine rings is 1. The molecule has 3 saturated carbocycles. The molecule has 3 aliphatic carbocycles. The second kappa shape index (κ2) is 6.84. The number of anilines is 2. The van der Waals surface area contributed by atoms with Crippen molar-refractivity contribution in [2.45, 2.75) is 84.5 Å². The Morgan fingerprint density at radius 3 is 2.56 bits per heavy atom. The maximum atomic E-state index is 13.0. The summed E-state index contributed by atoms with van der Waals surface area (Å²) in [6.07, 6.45) is 10.3. The highest BCUT2D eigenvalue weighted by Gasteiger charge is 2.56. The van der Waals surface area contributed by atoms with Gasteiger partial charge in [-0.3, -0.25) is 4.21 Å². The van der Waals surface area contributed by atoms with Gasteiger partial charge in [0.25, 0.3) is 0 Å². The molecule has 6 aliphatic rings. The smallest absolute Gasteiger partial charge is 0.228 e. The van der Waals surface area contributed by atoms with Crippen LogP contribution < -0.4 is 10.2 Å². The quantitative estimate of drug-likeness (QED) is 0.684. The number of hydrogen-bond acceptors (Lipinski definition) is 8. The van der Waals surface area contributed by atoms with E-state index in [1.165, 1.54) is 0 Å². The molecule has 168 valence electrons. The van der Waals surface area contributed by atoms with Gasteiger partial charge >= 0.3 is 0 Å². The third kappa shape index (κ3) is 2.80. The van der Waals surface area contributed by atoms with Crippen LogP contribution in [-0.2, 0) is 10.8 Å². The largest absolute Gasteiger partial charge is 0.394 e. The second-order valence-corrected chi connectivity index (χ2v) is 12.1. The van der Waals surface area contributed by atoms with Crippen LogP contribution in [-0.4, -0.2) is 58.7 Å². The van der Waals surface area contributed by atoms with Gasteiger partial charge in [0, 0.05) is 41.6 Å². The molecule has 8 rings (SSSR count). The zero-order valence-corrected chi connectivity index (χ0v) is 19.1. The lowest BCUT2D eigenvalue weighted by Gasteiger charge is -2.55. The molecule has 2 aromatic rings. The molecule has 10 heteroatoms. The zero-order chi connectivity index (χ0) is 21.6. The second-order valence-electron chi connectivity index (χ2n) is 10.1. The Balaban J connectivity index is 1.20. The third-order valence-electron chi connectivity index (χ3n) is 8.12. The molecule has 3 aliphatic heterocycles. The van der Waals surface area contributed by atoms with Crippen molar-refractivity contribution in [2.75, 3.05) is 16.8 Å². The molecule has 2 aromatic heterocycles. The molecule has 2 saturated heterocycles. The fourth-order valence-corrected chi connectivity index (χ4v) is 7.97. The standard InChI is InChI=1S/C22H25ClN6O2S/c23-12-8-24-19(25-9-12)11-4-13-6-14(5-11)29(13)21-26-17-15-7-16(15)32(31)18(17)20(27-21)28-22(10-30)2-1-3-22/h8-9,11,13-16,30H,1-7,10H2,(H,26,27,28). The molecule has 32 heavy (non-hydrogen) atoms. The van der Waals surface area contributed by atoms with E-state index in [1.54, 1.807) is 12.4 Å². The lowest BCUT2D eigenvalue weighted by Crippen LogP contribution is -2.61. The predicted octanol–water partition coefficient (Wildman–Crippen LogP) is 2.75. The SMILES string of the molecule is O=S1c2c(NC3(CO)CCC3)nc(N3C4CC(c5ncc(Cl)cn5)CC3C4)nc2C2CC21. The van der Waals surface area contributed by atoms with E-state index in [2.05, 4.69) is 20.2 Å². The van der Waals surface area contributed by atoms with Crippen LogP contribution in [0.15, 0.2) is 17.3 Å². The minimum absolute atomic E-state index is 0.0678. The van der Waals surface area contributed by atoms with Gasteiger partial charge < -0.3 is 15.3 Å². The number of hydrogen-bond donors (Lipinski definition) is 2. The summed E-state index contributed by atoms with van der Waals surface area (Å²) < 4.78 is 13.0. The molecular weight excluding hydrogens is 448 g/mol. The minimum Gasteiger partial charge on any atom is -0.394 e. The Morgan fingerprint density at radius 1 is 1.16 bits per heavy atom. The number of fused-ring (bicyclic) bond motifs is 5. The van der Waals surface area contributed by atoms with E-state index in [1.807, 2.05) is 0 Å². The van der Waals surface area contributed by atoms with E-state index in [0.29, 0.717) is 34.8 Å². The molecular formula is C22H25ClN6O2S. The normalized spacial score (nSPS) is 35.4. The van der Waals surface area contributed by atoms with Crippen LogP contribution in [0.3, 0.4) is 0 Å². The van der Waals surface area contributed by atoms with Gasteiger partial charge in [0.05, 0.1) is 33.7 Å². The first-order valence-corrected chi connectivity index (χ1v) is 13.1. The van der Waals surface area contributed by atoms with Gasteiger partial charge in [-0.15, -0.1) is 0 Å². The fraction of sp³-hybridized carbons (Fsp3) is 0.636. The summed E-state index contributed by atoms with van der Waals surface area (Å²) >= 11 is 5.96. The first-order valence-electron chi connectivity index (χ1n) is 11.5. The number of nitrogens with one attached hydrogen (secondary N) is 1. The summed E-state index contributed by atoms with van der Waals surface area (Å²) in [5.41, 5.74) is 0.633. The van der Waals surface area contributed by atoms with Gasteiger partial charge in [0.1, 0.15) is 16.5 Å². The van der Waals surface area contributed by atoms with Crippen LogP contribution in [0, 0.1) is 0 Å². The molecule has 8 nitrogen and oxygen atoms in total. The molecule has 0 aromatic carbocycles. The van der Waals surface area contributed by atoms with Gasteiger partial charge in [-0.1, -0.05) is 11.6 Å². The Labute approximate surface area is 193 Å². The van der Waals surface area contributed by atoms with Crippen molar-refractivity contribution < 1.29 is 9.32 Å². The monoisotopic (exact) mass is 472 g/mol. The Bertz CT molecular complexity index is 1110. The Hall–Kier alpha value is -1.84. The number of aliphatic hydroxyl groups excluding tert-OH is 1. The minimum atomic E-state index is -1.05. The van der Waals surface area contributed by atoms with Crippen molar-refractivity contribution in [3.8, 4) is 0 Å². The van der Waals surface area contributed by atoms with Crippen molar-refractivity contribution in [2.24, 2.45) is 0 Å². The van der Waals surface area contributed by atoms with Crippen LogP contribution in [0.25, 0.3) is 0 Å². The summed E-state index contributed by atoms with van der Waals surface area (Å²) in [6.45, 7) is 0.0678. The number of rotatable bonds is 5. The lowest BCUT2D eigenvalue weighted by atomic mass is 9.73. The highest BCUT2D eigenvalue weighted by molar-refractivity contribution is 7.86. The Kier molecular flexibility index (Phi) is 4.19. The van der Waals surface area contributed by atoms with E-state index in [0.717, 1.165) is 67.3 Å². The average Bonchev–Trinajstić information content (AvgIpc) is 3.52. The summed E-state index contributed by atoms with van der Waals surface area (Å²) in [6, 6.07) is 0.725. The van der Waals surface area contributed by atoms with Gasteiger partial charge in [-0.05, 0) is 44.9 Å². The molecule has 5 unspecified atom stereocenters. The van der Waals surface area contributed by atoms with Crippen molar-refractivity contribution >= 4 is 34.2 Å². The summed E-state index contributed by atoms with van der Waals surface area (Å²) in [7, 11) is -1.05. The fourth-order valence-electron chi connectivity index (χ4n) is 6.07. The van der Waals surface area contributed by atoms with Crippen molar-refractivity contribution in [3.05, 3.63) is 28.9 Å². The van der Waals surface area contributed by atoms with Crippen molar-refractivity contribution in [1.82, 2.24) is 19.9 Å². The van der Waals surface area contributed by atoms with E-state index in [4.69, 9.17) is 21.6 Å². The average molecular weight is 473 g/mol. The van der Waals surface area contributed by atoms with Gasteiger partial charge in [-0.2, -0.15) is 4.98 Å². The number of halogens is 1.